The average Bonchev–Trinajstić information content (AvgIpc) is 3.14. The third kappa shape index (κ3) is 4.81. The zero-order valence-corrected chi connectivity index (χ0v) is 17.7. The number of ketones is 1. The minimum absolute atomic E-state index is 0.223. The van der Waals surface area contributed by atoms with Crippen molar-refractivity contribution in [3.63, 3.8) is 0 Å². The molecule has 4 rings (SSSR count). The second-order valence-electron chi connectivity index (χ2n) is 7.48. The molecule has 0 saturated heterocycles. The molecule has 0 fully saturated rings. The molecular formula is C25H25N3O3. The number of aromatic nitrogens is 2. The first-order chi connectivity index (χ1) is 15.1. The SMILES string of the molecule is Cc1ccc(C(=O)c2oc3cccc(OCCCNCc4cccnc4)c3c2C)nc1. The van der Waals surface area contributed by atoms with E-state index >= 15 is 0 Å². The van der Waals surface area contributed by atoms with Gasteiger partial charge in [-0.15, -0.1) is 0 Å². The van der Waals surface area contributed by atoms with Crippen LogP contribution in [-0.4, -0.2) is 28.9 Å². The summed E-state index contributed by atoms with van der Waals surface area (Å²) in [5, 5.41) is 4.22. The summed E-state index contributed by atoms with van der Waals surface area (Å²) in [5.41, 5.74) is 3.94. The molecule has 0 bridgehead atoms. The van der Waals surface area contributed by atoms with Crippen LogP contribution in [0.4, 0.5) is 0 Å². The molecule has 6 heteroatoms. The molecule has 0 aliphatic carbocycles. The second-order valence-corrected chi connectivity index (χ2v) is 7.48. The molecule has 0 unspecified atom stereocenters. The van der Waals surface area contributed by atoms with Crippen LogP contribution in [0.3, 0.4) is 0 Å². The van der Waals surface area contributed by atoms with Gasteiger partial charge in [0.05, 0.1) is 12.0 Å². The highest BCUT2D eigenvalue weighted by atomic mass is 16.5. The van der Waals surface area contributed by atoms with Crippen molar-refractivity contribution in [2.24, 2.45) is 0 Å². The summed E-state index contributed by atoms with van der Waals surface area (Å²) in [5.74, 6) is 0.807. The van der Waals surface area contributed by atoms with Crippen LogP contribution in [0.1, 0.15) is 39.4 Å². The Morgan fingerprint density at radius 3 is 2.77 bits per heavy atom. The number of carbonyl (C=O) groups is 1. The highest BCUT2D eigenvalue weighted by Gasteiger charge is 2.22. The third-order valence-electron chi connectivity index (χ3n) is 5.07. The summed E-state index contributed by atoms with van der Waals surface area (Å²) in [4.78, 5) is 21.2. The highest BCUT2D eigenvalue weighted by molar-refractivity contribution is 6.10. The molecular weight excluding hydrogens is 390 g/mol. The van der Waals surface area contributed by atoms with Crippen molar-refractivity contribution in [1.82, 2.24) is 15.3 Å². The Bertz CT molecular complexity index is 1170. The summed E-state index contributed by atoms with van der Waals surface area (Å²) in [6.07, 6.45) is 6.16. The number of furan rings is 1. The quantitative estimate of drug-likeness (QED) is 0.317. The van der Waals surface area contributed by atoms with Gasteiger partial charge in [-0.05, 0) is 62.2 Å². The zero-order valence-electron chi connectivity index (χ0n) is 17.7. The fourth-order valence-corrected chi connectivity index (χ4v) is 3.44. The lowest BCUT2D eigenvalue weighted by molar-refractivity contribution is 0.101. The molecule has 158 valence electrons. The summed E-state index contributed by atoms with van der Waals surface area (Å²) in [6.45, 7) is 5.99. The molecule has 0 saturated carbocycles. The lowest BCUT2D eigenvalue weighted by Crippen LogP contribution is -2.17. The van der Waals surface area contributed by atoms with Crippen molar-refractivity contribution in [3.05, 3.63) is 89.2 Å². The number of nitrogens with zero attached hydrogens (tertiary/aromatic N) is 2. The number of carbonyl (C=O) groups excluding carboxylic acids is 1. The van der Waals surface area contributed by atoms with E-state index in [1.165, 1.54) is 0 Å². The number of fused-ring (bicyclic) bond motifs is 1. The standard InChI is InChI=1S/C25H25N3O3/c1-17-9-10-20(28-14-17)24(29)25-18(2)23-21(7-3-8-22(23)31-25)30-13-5-12-27-16-19-6-4-11-26-15-19/h3-4,6-11,14-15,27H,5,12-13,16H2,1-2H3. The minimum atomic E-state index is -0.223. The number of aryl methyl sites for hydroxylation is 2. The van der Waals surface area contributed by atoms with E-state index in [9.17, 15) is 4.79 Å². The van der Waals surface area contributed by atoms with Crippen molar-refractivity contribution in [1.29, 1.82) is 0 Å². The van der Waals surface area contributed by atoms with Gasteiger partial charge in [-0.25, -0.2) is 0 Å². The molecule has 4 aromatic rings. The minimum Gasteiger partial charge on any atom is -0.493 e. The number of pyridine rings is 2. The van der Waals surface area contributed by atoms with Gasteiger partial charge in [0.15, 0.2) is 5.76 Å². The molecule has 1 N–H and O–H groups in total. The fourth-order valence-electron chi connectivity index (χ4n) is 3.44. The molecule has 6 nitrogen and oxygen atoms in total. The van der Waals surface area contributed by atoms with Crippen molar-refractivity contribution >= 4 is 16.8 Å². The maximum absolute atomic E-state index is 12.9. The summed E-state index contributed by atoms with van der Waals surface area (Å²) in [7, 11) is 0. The van der Waals surface area contributed by atoms with Gasteiger partial charge in [-0.3, -0.25) is 14.8 Å². The Kier molecular flexibility index (Phi) is 6.38. The van der Waals surface area contributed by atoms with Gasteiger partial charge in [-0.2, -0.15) is 0 Å². The van der Waals surface area contributed by atoms with Crippen LogP contribution >= 0.6 is 0 Å². The Morgan fingerprint density at radius 1 is 1.10 bits per heavy atom. The molecule has 3 aromatic heterocycles. The molecule has 0 spiro atoms. The fraction of sp³-hybridized carbons (Fsp3) is 0.240. The van der Waals surface area contributed by atoms with Gasteiger partial charge in [0.2, 0.25) is 5.78 Å². The number of benzene rings is 1. The predicted molar refractivity (Wildman–Crippen MR) is 119 cm³/mol. The van der Waals surface area contributed by atoms with E-state index in [4.69, 9.17) is 9.15 Å². The molecule has 3 heterocycles. The van der Waals surface area contributed by atoms with E-state index in [2.05, 4.69) is 15.3 Å². The maximum atomic E-state index is 12.9. The lowest BCUT2D eigenvalue weighted by atomic mass is 10.1. The van der Waals surface area contributed by atoms with Crippen molar-refractivity contribution in [3.8, 4) is 5.75 Å². The molecule has 31 heavy (non-hydrogen) atoms. The van der Waals surface area contributed by atoms with Crippen LogP contribution in [-0.2, 0) is 6.54 Å². The van der Waals surface area contributed by atoms with E-state index in [0.717, 1.165) is 47.3 Å². The first-order valence-corrected chi connectivity index (χ1v) is 10.4. The predicted octanol–water partition coefficient (Wildman–Crippen LogP) is 4.63. The highest BCUT2D eigenvalue weighted by Crippen LogP contribution is 2.34. The number of hydrogen-bond acceptors (Lipinski definition) is 6. The monoisotopic (exact) mass is 415 g/mol. The van der Waals surface area contributed by atoms with Crippen LogP contribution < -0.4 is 10.1 Å². The van der Waals surface area contributed by atoms with Gasteiger partial charge >= 0.3 is 0 Å². The summed E-state index contributed by atoms with van der Waals surface area (Å²) >= 11 is 0. The van der Waals surface area contributed by atoms with E-state index in [1.54, 1.807) is 18.5 Å². The van der Waals surface area contributed by atoms with Crippen molar-refractivity contribution in [2.45, 2.75) is 26.8 Å². The second kappa shape index (κ2) is 9.53. The Labute approximate surface area is 181 Å². The van der Waals surface area contributed by atoms with Crippen molar-refractivity contribution in [2.75, 3.05) is 13.2 Å². The van der Waals surface area contributed by atoms with Crippen LogP contribution in [0.2, 0.25) is 0 Å². The van der Waals surface area contributed by atoms with Gasteiger partial charge in [-0.1, -0.05) is 18.2 Å². The molecule has 1 aromatic carbocycles. The number of nitrogens with one attached hydrogen (secondary N) is 1. The number of hydrogen-bond donors (Lipinski definition) is 1. The maximum Gasteiger partial charge on any atom is 0.246 e. The van der Waals surface area contributed by atoms with E-state index < -0.39 is 0 Å². The zero-order chi connectivity index (χ0) is 21.6. The van der Waals surface area contributed by atoms with Crippen LogP contribution in [0, 0.1) is 13.8 Å². The van der Waals surface area contributed by atoms with Gasteiger partial charge < -0.3 is 14.5 Å². The van der Waals surface area contributed by atoms with Crippen molar-refractivity contribution < 1.29 is 13.9 Å². The third-order valence-corrected chi connectivity index (χ3v) is 5.07. The molecule has 0 aliphatic heterocycles. The first-order valence-electron chi connectivity index (χ1n) is 10.4. The molecule has 0 amide bonds. The van der Waals surface area contributed by atoms with Crippen LogP contribution in [0.5, 0.6) is 5.75 Å². The number of ether oxygens (including phenoxy) is 1. The van der Waals surface area contributed by atoms with Crippen LogP contribution in [0.15, 0.2) is 65.5 Å². The first kappa shape index (κ1) is 20.8. The summed E-state index contributed by atoms with van der Waals surface area (Å²) in [6, 6.07) is 13.2. The average molecular weight is 415 g/mol. The van der Waals surface area contributed by atoms with E-state index in [1.807, 2.05) is 56.4 Å². The van der Waals surface area contributed by atoms with Gasteiger partial charge in [0.25, 0.3) is 0 Å². The van der Waals surface area contributed by atoms with E-state index in [0.29, 0.717) is 23.6 Å². The van der Waals surface area contributed by atoms with E-state index in [-0.39, 0.29) is 5.78 Å². The molecule has 0 aliphatic rings. The van der Waals surface area contributed by atoms with Gasteiger partial charge in [0.1, 0.15) is 17.0 Å². The Hall–Kier alpha value is -3.51. The topological polar surface area (TPSA) is 77.2 Å². The largest absolute Gasteiger partial charge is 0.493 e. The molecule has 0 atom stereocenters. The van der Waals surface area contributed by atoms with Crippen LogP contribution in [0.25, 0.3) is 11.0 Å². The molecule has 0 radical (unpaired) electrons. The lowest BCUT2D eigenvalue weighted by Gasteiger charge is -2.08. The summed E-state index contributed by atoms with van der Waals surface area (Å²) < 4.78 is 11.9. The smallest absolute Gasteiger partial charge is 0.246 e. The van der Waals surface area contributed by atoms with Gasteiger partial charge in [0, 0.05) is 30.7 Å². The Morgan fingerprint density at radius 2 is 2.00 bits per heavy atom. The Balaban J connectivity index is 1.40. The normalized spacial score (nSPS) is 11.0. The number of rotatable bonds is 9.